The Morgan fingerprint density at radius 3 is 2.62 bits per heavy atom. The quantitative estimate of drug-likeness (QED) is 0.713. The maximum atomic E-state index is 11.2. The third-order valence-electron chi connectivity index (χ3n) is 2.46. The Labute approximate surface area is 126 Å². The molecule has 0 spiro atoms. The van der Waals surface area contributed by atoms with Crippen LogP contribution < -0.4 is 5.32 Å². The molecule has 8 heteroatoms. The number of hydrogen-bond acceptors (Lipinski definition) is 6. The van der Waals surface area contributed by atoms with Gasteiger partial charge in [-0.2, -0.15) is 11.8 Å². The van der Waals surface area contributed by atoms with Gasteiger partial charge in [0, 0.05) is 24.6 Å². The first-order valence-electron chi connectivity index (χ1n) is 6.05. The second-order valence-electron chi connectivity index (χ2n) is 4.14. The largest absolute Gasteiger partial charge is 0.480 e. The lowest BCUT2D eigenvalue weighted by Crippen LogP contribution is -2.41. The standard InChI is InChI=1S/C13H16N2O5S/c1-8(16)15-11(12(17)18)7-21-6-10-4-3-9(5-14-10)13(19)20-2/h3-5,11H,6-7H2,1-2H3,(H,15,16)(H,17,18)/t11-/m0/s1. The van der Waals surface area contributed by atoms with Gasteiger partial charge < -0.3 is 15.2 Å². The molecule has 0 fully saturated rings. The zero-order valence-corrected chi connectivity index (χ0v) is 12.5. The molecule has 114 valence electrons. The van der Waals surface area contributed by atoms with Gasteiger partial charge >= 0.3 is 11.9 Å². The Hall–Kier alpha value is -2.09. The first-order valence-corrected chi connectivity index (χ1v) is 7.20. The number of ether oxygens (including phenoxy) is 1. The summed E-state index contributed by atoms with van der Waals surface area (Å²) in [5.74, 6) is -1.21. The van der Waals surface area contributed by atoms with Crippen LogP contribution in [-0.2, 0) is 20.1 Å². The van der Waals surface area contributed by atoms with E-state index in [1.165, 1.54) is 32.0 Å². The number of pyridine rings is 1. The molecule has 0 saturated carbocycles. The van der Waals surface area contributed by atoms with Crippen molar-refractivity contribution in [2.24, 2.45) is 0 Å². The summed E-state index contributed by atoms with van der Waals surface area (Å²) in [5.41, 5.74) is 1.06. The minimum atomic E-state index is -1.08. The number of carboxylic acids is 1. The highest BCUT2D eigenvalue weighted by Crippen LogP contribution is 2.12. The Morgan fingerprint density at radius 1 is 1.43 bits per heavy atom. The van der Waals surface area contributed by atoms with Gasteiger partial charge in [0.15, 0.2) is 0 Å². The van der Waals surface area contributed by atoms with E-state index in [1.807, 2.05) is 0 Å². The van der Waals surface area contributed by atoms with E-state index in [1.54, 1.807) is 12.1 Å². The van der Waals surface area contributed by atoms with Gasteiger partial charge in [0.1, 0.15) is 6.04 Å². The molecule has 1 rings (SSSR count). The van der Waals surface area contributed by atoms with Crippen molar-refractivity contribution in [3.05, 3.63) is 29.6 Å². The zero-order valence-electron chi connectivity index (χ0n) is 11.7. The second kappa shape index (κ2) is 8.25. The van der Waals surface area contributed by atoms with Crippen molar-refractivity contribution >= 4 is 29.6 Å². The Morgan fingerprint density at radius 2 is 2.14 bits per heavy atom. The van der Waals surface area contributed by atoms with E-state index in [0.717, 1.165) is 0 Å². The van der Waals surface area contributed by atoms with Crippen LogP contribution in [0.5, 0.6) is 0 Å². The number of carbonyl (C=O) groups is 3. The zero-order chi connectivity index (χ0) is 15.8. The molecule has 0 radical (unpaired) electrons. The number of carboxylic acid groups (broad SMARTS) is 1. The molecule has 7 nitrogen and oxygen atoms in total. The van der Waals surface area contributed by atoms with E-state index in [-0.39, 0.29) is 11.7 Å². The summed E-state index contributed by atoms with van der Waals surface area (Å²) in [6.45, 7) is 1.27. The maximum Gasteiger partial charge on any atom is 0.339 e. The van der Waals surface area contributed by atoms with Crippen LogP contribution in [-0.4, -0.2) is 46.8 Å². The first kappa shape index (κ1) is 17.0. The molecule has 0 saturated heterocycles. The second-order valence-corrected chi connectivity index (χ2v) is 5.17. The number of carbonyl (C=O) groups excluding carboxylic acids is 2. The molecule has 0 aliphatic rings. The molecule has 21 heavy (non-hydrogen) atoms. The van der Waals surface area contributed by atoms with Crippen molar-refractivity contribution in [2.45, 2.75) is 18.7 Å². The SMILES string of the molecule is COC(=O)c1ccc(CSC[C@H](NC(C)=O)C(=O)O)nc1. The monoisotopic (exact) mass is 312 g/mol. The number of amides is 1. The van der Waals surface area contributed by atoms with E-state index >= 15 is 0 Å². The van der Waals surface area contributed by atoms with Crippen LogP contribution in [0.3, 0.4) is 0 Å². The van der Waals surface area contributed by atoms with Crippen LogP contribution in [0.4, 0.5) is 0 Å². The van der Waals surface area contributed by atoms with Crippen LogP contribution in [0.2, 0.25) is 0 Å². The van der Waals surface area contributed by atoms with Crippen molar-refractivity contribution in [1.29, 1.82) is 0 Å². The summed E-state index contributed by atoms with van der Waals surface area (Å²) >= 11 is 1.33. The summed E-state index contributed by atoms with van der Waals surface area (Å²) in [5, 5.41) is 11.3. The smallest absolute Gasteiger partial charge is 0.339 e. The van der Waals surface area contributed by atoms with Crippen LogP contribution in [0.25, 0.3) is 0 Å². The summed E-state index contributed by atoms with van der Waals surface area (Å²) in [7, 11) is 1.29. The molecule has 0 aliphatic heterocycles. The highest BCUT2D eigenvalue weighted by atomic mass is 32.2. The average molecular weight is 312 g/mol. The van der Waals surface area contributed by atoms with Gasteiger partial charge in [0.05, 0.1) is 18.4 Å². The molecule has 2 N–H and O–H groups in total. The Kier molecular flexibility index (Phi) is 6.67. The normalized spacial score (nSPS) is 11.5. The predicted octanol–water partition coefficient (Wildman–Crippen LogP) is 0.691. The third kappa shape index (κ3) is 5.82. The number of nitrogens with zero attached hydrogens (tertiary/aromatic N) is 1. The minimum absolute atomic E-state index is 0.231. The number of aliphatic carboxylic acids is 1. The van der Waals surface area contributed by atoms with E-state index in [9.17, 15) is 14.4 Å². The van der Waals surface area contributed by atoms with Crippen LogP contribution >= 0.6 is 11.8 Å². The molecule has 0 bridgehead atoms. The van der Waals surface area contributed by atoms with Gasteiger partial charge in [-0.1, -0.05) is 0 Å². The Balaban J connectivity index is 2.49. The molecule has 1 amide bonds. The van der Waals surface area contributed by atoms with Gasteiger partial charge in [-0.3, -0.25) is 9.78 Å². The van der Waals surface area contributed by atoms with Crippen molar-refractivity contribution in [1.82, 2.24) is 10.3 Å². The molecule has 1 atom stereocenters. The number of methoxy groups -OCH3 is 1. The highest BCUT2D eigenvalue weighted by molar-refractivity contribution is 7.98. The van der Waals surface area contributed by atoms with E-state index in [4.69, 9.17) is 5.11 Å². The van der Waals surface area contributed by atoms with Gasteiger partial charge in [-0.25, -0.2) is 9.59 Å². The number of aromatic nitrogens is 1. The highest BCUT2D eigenvalue weighted by Gasteiger charge is 2.18. The van der Waals surface area contributed by atoms with E-state index in [0.29, 0.717) is 17.0 Å². The molecular formula is C13H16N2O5S. The molecule has 1 aromatic rings. The third-order valence-corrected chi connectivity index (χ3v) is 3.52. The van der Waals surface area contributed by atoms with Crippen molar-refractivity contribution in [3.8, 4) is 0 Å². The summed E-state index contributed by atoms with van der Waals surface area (Å²) < 4.78 is 4.56. The fourth-order valence-electron chi connectivity index (χ4n) is 1.45. The molecule has 0 unspecified atom stereocenters. The van der Waals surface area contributed by atoms with Crippen LogP contribution in [0.15, 0.2) is 18.3 Å². The lowest BCUT2D eigenvalue weighted by molar-refractivity contribution is -0.140. The molecular weight excluding hydrogens is 296 g/mol. The molecule has 1 heterocycles. The lowest BCUT2D eigenvalue weighted by atomic mass is 10.2. The number of thioether (sulfide) groups is 1. The lowest BCUT2D eigenvalue weighted by Gasteiger charge is -2.12. The maximum absolute atomic E-state index is 11.2. The summed E-state index contributed by atoms with van der Waals surface area (Å²) in [6, 6.07) is 2.34. The van der Waals surface area contributed by atoms with Gasteiger partial charge in [-0.05, 0) is 12.1 Å². The fraction of sp³-hybridized carbons (Fsp3) is 0.385. The predicted molar refractivity (Wildman–Crippen MR) is 77.0 cm³/mol. The van der Waals surface area contributed by atoms with Crippen molar-refractivity contribution in [2.75, 3.05) is 12.9 Å². The number of rotatable bonds is 7. The topological polar surface area (TPSA) is 106 Å². The van der Waals surface area contributed by atoms with Gasteiger partial charge in [0.2, 0.25) is 5.91 Å². The van der Waals surface area contributed by atoms with Crippen molar-refractivity contribution in [3.63, 3.8) is 0 Å². The summed E-state index contributed by atoms with van der Waals surface area (Å²) in [4.78, 5) is 37.1. The number of esters is 1. The average Bonchev–Trinajstić information content (AvgIpc) is 2.45. The van der Waals surface area contributed by atoms with Crippen LogP contribution in [0.1, 0.15) is 23.0 Å². The van der Waals surface area contributed by atoms with Crippen molar-refractivity contribution < 1.29 is 24.2 Å². The minimum Gasteiger partial charge on any atom is -0.480 e. The van der Waals surface area contributed by atoms with Gasteiger partial charge in [-0.15, -0.1) is 0 Å². The molecule has 0 aliphatic carbocycles. The first-order chi connectivity index (χ1) is 9.93. The number of nitrogens with one attached hydrogen (secondary N) is 1. The van der Waals surface area contributed by atoms with Crippen LogP contribution in [0, 0.1) is 0 Å². The fourth-order valence-corrected chi connectivity index (χ4v) is 2.41. The number of hydrogen-bond donors (Lipinski definition) is 2. The van der Waals surface area contributed by atoms with E-state index < -0.39 is 18.0 Å². The van der Waals surface area contributed by atoms with Gasteiger partial charge in [0.25, 0.3) is 0 Å². The molecule has 0 aromatic carbocycles. The Bertz CT molecular complexity index is 518. The molecule has 1 aromatic heterocycles. The van der Waals surface area contributed by atoms with E-state index in [2.05, 4.69) is 15.0 Å². The summed E-state index contributed by atoms with van der Waals surface area (Å²) in [6.07, 6.45) is 1.41.